The topological polar surface area (TPSA) is 60.7 Å². The number of hydrogen-bond donors (Lipinski definition) is 0. The van der Waals surface area contributed by atoms with Gasteiger partial charge in [0, 0.05) is 10.0 Å². The van der Waals surface area contributed by atoms with Gasteiger partial charge >= 0.3 is 5.97 Å². The highest BCUT2D eigenvalue weighted by Crippen LogP contribution is 2.20. The van der Waals surface area contributed by atoms with E-state index in [4.69, 9.17) is 0 Å². The Morgan fingerprint density at radius 3 is 2.76 bits per heavy atom. The van der Waals surface area contributed by atoms with E-state index in [2.05, 4.69) is 25.7 Å². The quantitative estimate of drug-likeness (QED) is 0.606. The van der Waals surface area contributed by atoms with Crippen molar-refractivity contribution in [1.82, 2.24) is 4.57 Å². The lowest BCUT2D eigenvalue weighted by atomic mass is 10.2. The number of rotatable bonds is 3. The van der Waals surface area contributed by atoms with Gasteiger partial charge in [-0.1, -0.05) is 39.4 Å². The number of fused-ring (bicyclic) bond motifs is 1. The molecule has 5 nitrogen and oxygen atoms in total. The lowest BCUT2D eigenvalue weighted by Gasteiger charge is -2.04. The van der Waals surface area contributed by atoms with Crippen LogP contribution in [0.5, 0.6) is 0 Å². The largest absolute Gasteiger partial charge is 0.468 e. The second-order valence-electron chi connectivity index (χ2n) is 5.06. The Morgan fingerprint density at radius 2 is 2.04 bits per heavy atom. The van der Waals surface area contributed by atoms with Crippen LogP contribution in [0.3, 0.4) is 0 Å². The van der Waals surface area contributed by atoms with Crippen LogP contribution in [-0.4, -0.2) is 23.6 Å². The van der Waals surface area contributed by atoms with Gasteiger partial charge in [-0.3, -0.25) is 9.59 Å². The summed E-state index contributed by atoms with van der Waals surface area (Å²) in [5.74, 6) is -1.53. The van der Waals surface area contributed by atoms with Crippen molar-refractivity contribution in [3.63, 3.8) is 0 Å². The summed E-state index contributed by atoms with van der Waals surface area (Å²) in [5, 5.41) is 0. The van der Waals surface area contributed by atoms with Crippen molar-refractivity contribution >= 4 is 49.4 Å². The number of nitrogens with zero attached hydrogens (tertiary/aromatic N) is 2. The molecule has 0 saturated carbocycles. The molecular formula is C17H12BrFN2O3S. The van der Waals surface area contributed by atoms with Gasteiger partial charge in [-0.2, -0.15) is 4.99 Å². The van der Waals surface area contributed by atoms with E-state index < -0.39 is 17.7 Å². The number of amides is 1. The Morgan fingerprint density at radius 1 is 1.28 bits per heavy atom. The zero-order chi connectivity index (χ0) is 18.0. The number of benzene rings is 2. The number of carbonyl (C=O) groups excluding carboxylic acids is 2. The normalized spacial score (nSPS) is 11.7. The molecule has 8 heteroatoms. The molecule has 128 valence electrons. The van der Waals surface area contributed by atoms with Crippen LogP contribution in [0.4, 0.5) is 4.39 Å². The number of esters is 1. The molecule has 0 unspecified atom stereocenters. The lowest BCUT2D eigenvalue weighted by Crippen LogP contribution is -2.22. The molecule has 0 aliphatic heterocycles. The molecule has 2 aromatic carbocycles. The van der Waals surface area contributed by atoms with E-state index in [0.717, 1.165) is 15.8 Å². The number of ether oxygens (including phenoxy) is 1. The minimum absolute atomic E-state index is 0.221. The van der Waals surface area contributed by atoms with Crippen LogP contribution < -0.4 is 4.80 Å². The van der Waals surface area contributed by atoms with E-state index >= 15 is 0 Å². The summed E-state index contributed by atoms with van der Waals surface area (Å²) < 4.78 is 21.6. The fourth-order valence-electron chi connectivity index (χ4n) is 2.29. The van der Waals surface area contributed by atoms with Crippen LogP contribution >= 0.6 is 27.3 Å². The molecule has 3 aromatic rings. The molecule has 0 spiro atoms. The zero-order valence-corrected chi connectivity index (χ0v) is 15.4. The third-order valence-electron chi connectivity index (χ3n) is 3.44. The van der Waals surface area contributed by atoms with E-state index in [9.17, 15) is 14.0 Å². The van der Waals surface area contributed by atoms with Crippen LogP contribution in [0, 0.1) is 5.82 Å². The van der Waals surface area contributed by atoms with Gasteiger partial charge in [-0.25, -0.2) is 4.39 Å². The standard InChI is InChI=1S/C17H12BrFN2O3S/c1-24-14(22)9-21-15-12(19)6-3-7-13(15)25-17(21)20-16(23)10-4-2-5-11(18)8-10/h2-8H,9H2,1H3. The average molecular weight is 423 g/mol. The Bertz CT molecular complexity index is 1040. The summed E-state index contributed by atoms with van der Waals surface area (Å²) in [7, 11) is 1.25. The molecule has 1 amide bonds. The molecule has 3 rings (SSSR count). The monoisotopic (exact) mass is 422 g/mol. The van der Waals surface area contributed by atoms with Gasteiger partial charge in [-0.15, -0.1) is 0 Å². The molecule has 0 fully saturated rings. The molecule has 0 saturated heterocycles. The number of thiazole rings is 1. The van der Waals surface area contributed by atoms with Gasteiger partial charge in [0.05, 0.1) is 17.3 Å². The van der Waals surface area contributed by atoms with E-state index in [1.165, 1.54) is 17.7 Å². The first-order valence-corrected chi connectivity index (χ1v) is 8.80. The average Bonchev–Trinajstić information content (AvgIpc) is 2.93. The van der Waals surface area contributed by atoms with Gasteiger partial charge < -0.3 is 9.30 Å². The smallest absolute Gasteiger partial charge is 0.325 e. The number of methoxy groups -OCH3 is 1. The van der Waals surface area contributed by atoms with Gasteiger partial charge in [0.15, 0.2) is 4.80 Å². The third kappa shape index (κ3) is 3.69. The molecule has 0 atom stereocenters. The Hall–Kier alpha value is -2.32. The fraction of sp³-hybridized carbons (Fsp3) is 0.118. The molecule has 0 N–H and O–H groups in total. The summed E-state index contributed by atoms with van der Waals surface area (Å²) in [4.78, 5) is 28.4. The molecule has 0 radical (unpaired) electrons. The summed E-state index contributed by atoms with van der Waals surface area (Å²) in [6, 6.07) is 11.4. The summed E-state index contributed by atoms with van der Waals surface area (Å²) in [5.41, 5.74) is 0.607. The highest BCUT2D eigenvalue weighted by molar-refractivity contribution is 9.10. The van der Waals surface area contributed by atoms with Gasteiger partial charge in [0.25, 0.3) is 5.91 Å². The van der Waals surface area contributed by atoms with Gasteiger partial charge in [0.1, 0.15) is 12.4 Å². The lowest BCUT2D eigenvalue weighted by molar-refractivity contribution is -0.141. The van der Waals surface area contributed by atoms with Crippen molar-refractivity contribution in [3.8, 4) is 0 Å². The van der Waals surface area contributed by atoms with E-state index in [1.54, 1.807) is 36.4 Å². The first-order valence-electron chi connectivity index (χ1n) is 7.19. The molecule has 0 aliphatic carbocycles. The first-order chi connectivity index (χ1) is 12.0. The highest BCUT2D eigenvalue weighted by Gasteiger charge is 2.15. The van der Waals surface area contributed by atoms with Crippen LogP contribution in [0.15, 0.2) is 51.9 Å². The van der Waals surface area contributed by atoms with Crippen LogP contribution in [0.25, 0.3) is 10.2 Å². The highest BCUT2D eigenvalue weighted by atomic mass is 79.9. The molecule has 1 heterocycles. The van der Waals surface area contributed by atoms with Crippen molar-refractivity contribution in [2.75, 3.05) is 7.11 Å². The third-order valence-corrected chi connectivity index (χ3v) is 4.97. The first kappa shape index (κ1) is 17.5. The van der Waals surface area contributed by atoms with Crippen LogP contribution in [-0.2, 0) is 16.1 Å². The number of para-hydroxylation sites is 1. The second kappa shape index (κ2) is 7.28. The van der Waals surface area contributed by atoms with E-state index in [0.29, 0.717) is 10.3 Å². The maximum Gasteiger partial charge on any atom is 0.325 e. The molecule has 0 aliphatic rings. The van der Waals surface area contributed by atoms with Crippen LogP contribution in [0.2, 0.25) is 0 Å². The number of aromatic nitrogens is 1. The minimum atomic E-state index is -0.556. The van der Waals surface area contributed by atoms with Crippen molar-refractivity contribution in [3.05, 3.63) is 63.1 Å². The van der Waals surface area contributed by atoms with E-state index in [-0.39, 0.29) is 16.9 Å². The Labute approximate surface area is 154 Å². The molecular weight excluding hydrogens is 411 g/mol. The predicted molar refractivity (Wildman–Crippen MR) is 95.8 cm³/mol. The number of carbonyl (C=O) groups is 2. The van der Waals surface area contributed by atoms with Gasteiger partial charge in [-0.05, 0) is 30.3 Å². The predicted octanol–water partition coefficient (Wildman–Crippen LogP) is 3.52. The summed E-state index contributed by atoms with van der Waals surface area (Å²) in [6.45, 7) is -0.234. The minimum Gasteiger partial charge on any atom is -0.468 e. The molecule has 25 heavy (non-hydrogen) atoms. The van der Waals surface area contributed by atoms with E-state index in [1.807, 2.05) is 0 Å². The van der Waals surface area contributed by atoms with Gasteiger partial charge in [0.2, 0.25) is 0 Å². The summed E-state index contributed by atoms with van der Waals surface area (Å²) in [6.07, 6.45) is 0. The van der Waals surface area contributed by atoms with Crippen molar-refractivity contribution in [2.45, 2.75) is 6.54 Å². The SMILES string of the molecule is COC(=O)Cn1c(=NC(=O)c2cccc(Br)c2)sc2cccc(F)c21. The van der Waals surface area contributed by atoms with Crippen molar-refractivity contribution < 1.29 is 18.7 Å². The number of halogens is 2. The maximum atomic E-state index is 14.2. The number of hydrogen-bond acceptors (Lipinski definition) is 4. The maximum absolute atomic E-state index is 14.2. The zero-order valence-electron chi connectivity index (χ0n) is 13.0. The summed E-state index contributed by atoms with van der Waals surface area (Å²) >= 11 is 4.44. The Balaban J connectivity index is 2.17. The van der Waals surface area contributed by atoms with Crippen molar-refractivity contribution in [2.24, 2.45) is 4.99 Å². The fourth-order valence-corrected chi connectivity index (χ4v) is 3.73. The second-order valence-corrected chi connectivity index (χ2v) is 6.99. The van der Waals surface area contributed by atoms with Crippen LogP contribution in [0.1, 0.15) is 10.4 Å². The van der Waals surface area contributed by atoms with Crippen molar-refractivity contribution in [1.29, 1.82) is 0 Å². The Kier molecular flexibility index (Phi) is 5.10. The molecule has 0 bridgehead atoms. The molecule has 1 aromatic heterocycles.